The molecule has 0 aliphatic carbocycles. The highest BCUT2D eigenvalue weighted by molar-refractivity contribution is 7.99. The maximum atomic E-state index is 12.6. The van der Waals surface area contributed by atoms with Crippen LogP contribution in [0.25, 0.3) is 0 Å². The Morgan fingerprint density at radius 2 is 1.66 bits per heavy atom. The van der Waals surface area contributed by atoms with E-state index in [9.17, 15) is 4.79 Å². The van der Waals surface area contributed by atoms with Crippen LogP contribution < -0.4 is 4.90 Å². The molecule has 2 aromatic carbocycles. The number of carbonyl (C=O) groups excluding carboxylic acids is 1. The van der Waals surface area contributed by atoms with Gasteiger partial charge in [-0.05, 0) is 30.2 Å². The monoisotopic (exact) mass is 409 g/mol. The number of nitrogens with zero attached hydrogens (tertiary/aromatic N) is 5. The van der Waals surface area contributed by atoms with Crippen LogP contribution in [0.3, 0.4) is 0 Å². The second-order valence-corrected chi connectivity index (χ2v) is 8.14. The van der Waals surface area contributed by atoms with Crippen molar-refractivity contribution in [3.05, 3.63) is 71.5 Å². The van der Waals surface area contributed by atoms with E-state index in [2.05, 4.69) is 51.5 Å². The predicted octanol–water partition coefficient (Wildman–Crippen LogP) is 3.45. The molecule has 3 rings (SSSR count). The van der Waals surface area contributed by atoms with E-state index in [-0.39, 0.29) is 5.91 Å². The molecule has 0 saturated carbocycles. The lowest BCUT2D eigenvalue weighted by atomic mass is 10.2. The molecule has 0 bridgehead atoms. The molecule has 0 N–H and O–H groups in total. The molecule has 29 heavy (non-hydrogen) atoms. The van der Waals surface area contributed by atoms with Crippen LogP contribution in [0.2, 0.25) is 0 Å². The smallest absolute Gasteiger partial charge is 0.233 e. The van der Waals surface area contributed by atoms with Crippen LogP contribution in [0, 0.1) is 6.92 Å². The van der Waals surface area contributed by atoms with Crippen LogP contribution in [-0.4, -0.2) is 52.5 Å². The molecule has 6 nitrogen and oxygen atoms in total. The maximum absolute atomic E-state index is 12.6. The summed E-state index contributed by atoms with van der Waals surface area (Å²) in [7, 11) is 5.86. The van der Waals surface area contributed by atoms with Gasteiger partial charge in [-0.2, -0.15) is 0 Å². The Balaban J connectivity index is 1.57. The quantitative estimate of drug-likeness (QED) is 0.534. The zero-order valence-corrected chi connectivity index (χ0v) is 18.2. The maximum Gasteiger partial charge on any atom is 0.233 e. The Bertz CT molecular complexity index is 938. The molecule has 0 spiro atoms. The molecule has 0 atom stereocenters. The highest BCUT2D eigenvalue weighted by Crippen LogP contribution is 2.20. The first-order valence-electron chi connectivity index (χ1n) is 9.51. The Labute approximate surface area is 176 Å². The molecular formula is C22H27N5OS. The summed E-state index contributed by atoms with van der Waals surface area (Å²) in [6.07, 6.45) is 0. The third kappa shape index (κ3) is 5.60. The molecule has 1 amide bonds. The molecule has 1 heterocycles. The average molecular weight is 410 g/mol. The van der Waals surface area contributed by atoms with Crippen molar-refractivity contribution in [3.8, 4) is 0 Å². The highest BCUT2D eigenvalue weighted by Gasteiger charge is 2.15. The Hall–Kier alpha value is -2.80. The minimum Gasteiger partial charge on any atom is -0.378 e. The molecular weight excluding hydrogens is 382 g/mol. The number of anilines is 1. The van der Waals surface area contributed by atoms with Gasteiger partial charge in [0.25, 0.3) is 0 Å². The Morgan fingerprint density at radius 1 is 0.966 bits per heavy atom. The van der Waals surface area contributed by atoms with Gasteiger partial charge in [0.15, 0.2) is 5.16 Å². The number of hydrogen-bond donors (Lipinski definition) is 0. The summed E-state index contributed by atoms with van der Waals surface area (Å²) in [5, 5.41) is 9.21. The van der Waals surface area contributed by atoms with Crippen molar-refractivity contribution in [2.24, 2.45) is 0 Å². The summed E-state index contributed by atoms with van der Waals surface area (Å²) in [4.78, 5) is 16.4. The van der Waals surface area contributed by atoms with Gasteiger partial charge in [-0.15, -0.1) is 10.2 Å². The van der Waals surface area contributed by atoms with Crippen LogP contribution in [0.1, 0.15) is 17.0 Å². The predicted molar refractivity (Wildman–Crippen MR) is 118 cm³/mol. The number of aryl methyl sites for hydroxylation is 1. The number of benzene rings is 2. The lowest BCUT2D eigenvalue weighted by Crippen LogP contribution is -2.28. The van der Waals surface area contributed by atoms with Gasteiger partial charge in [-0.1, -0.05) is 54.2 Å². The van der Waals surface area contributed by atoms with Crippen molar-refractivity contribution in [1.82, 2.24) is 19.7 Å². The number of rotatable bonds is 8. The van der Waals surface area contributed by atoms with Crippen LogP contribution in [0.4, 0.5) is 5.69 Å². The minimum atomic E-state index is 0.0681. The van der Waals surface area contributed by atoms with E-state index in [0.717, 1.165) is 22.2 Å². The van der Waals surface area contributed by atoms with E-state index in [1.807, 2.05) is 50.8 Å². The fourth-order valence-corrected chi connectivity index (χ4v) is 3.84. The lowest BCUT2D eigenvalue weighted by molar-refractivity contribution is -0.127. The van der Waals surface area contributed by atoms with Crippen LogP contribution in [0.15, 0.2) is 59.8 Å². The second-order valence-electron chi connectivity index (χ2n) is 7.20. The SMILES string of the molecule is Cc1nnc(SCC(=O)N(C)Cc2ccc(N(C)C)cc2)n1Cc1ccccc1. The van der Waals surface area contributed by atoms with Gasteiger partial charge in [0.1, 0.15) is 5.82 Å². The third-order valence-corrected chi connectivity index (χ3v) is 5.66. The van der Waals surface area contributed by atoms with Gasteiger partial charge < -0.3 is 14.4 Å². The normalized spacial score (nSPS) is 10.8. The van der Waals surface area contributed by atoms with E-state index in [1.54, 1.807) is 4.90 Å². The molecule has 0 aliphatic rings. The van der Waals surface area contributed by atoms with Crippen molar-refractivity contribution in [3.63, 3.8) is 0 Å². The molecule has 0 radical (unpaired) electrons. The van der Waals surface area contributed by atoms with E-state index in [0.29, 0.717) is 18.8 Å². The zero-order chi connectivity index (χ0) is 20.8. The molecule has 7 heteroatoms. The molecule has 3 aromatic rings. The summed E-state index contributed by atoms with van der Waals surface area (Å²) in [5.74, 6) is 1.25. The summed E-state index contributed by atoms with van der Waals surface area (Å²) < 4.78 is 2.05. The van der Waals surface area contributed by atoms with Crippen LogP contribution in [-0.2, 0) is 17.9 Å². The minimum absolute atomic E-state index is 0.0681. The largest absolute Gasteiger partial charge is 0.378 e. The van der Waals surface area contributed by atoms with Gasteiger partial charge in [-0.25, -0.2) is 0 Å². The van der Waals surface area contributed by atoms with Crippen molar-refractivity contribution < 1.29 is 4.79 Å². The summed E-state index contributed by atoms with van der Waals surface area (Å²) in [5.41, 5.74) is 3.44. The molecule has 1 aromatic heterocycles. The van der Waals surface area contributed by atoms with Crippen LogP contribution >= 0.6 is 11.8 Å². The Morgan fingerprint density at radius 3 is 2.31 bits per heavy atom. The van der Waals surface area contributed by atoms with E-state index < -0.39 is 0 Å². The van der Waals surface area contributed by atoms with Crippen LogP contribution in [0.5, 0.6) is 0 Å². The van der Waals surface area contributed by atoms with Crippen molar-refractivity contribution in [1.29, 1.82) is 0 Å². The standard InChI is InChI=1S/C22H27N5OS/c1-17-23-24-22(27(17)15-18-8-6-5-7-9-18)29-16-21(28)26(4)14-19-10-12-20(13-11-19)25(2)3/h5-13H,14-16H2,1-4H3. The van der Waals surface area contributed by atoms with Gasteiger partial charge in [0.2, 0.25) is 5.91 Å². The first-order chi connectivity index (χ1) is 13.9. The van der Waals surface area contributed by atoms with Gasteiger partial charge >= 0.3 is 0 Å². The molecule has 152 valence electrons. The fourth-order valence-electron chi connectivity index (χ4n) is 2.91. The van der Waals surface area contributed by atoms with Crippen molar-refractivity contribution >= 4 is 23.4 Å². The number of aromatic nitrogens is 3. The van der Waals surface area contributed by atoms with Gasteiger partial charge in [0.05, 0.1) is 12.3 Å². The lowest BCUT2D eigenvalue weighted by Gasteiger charge is -2.18. The fraction of sp³-hybridized carbons (Fsp3) is 0.318. The highest BCUT2D eigenvalue weighted by atomic mass is 32.2. The molecule has 0 saturated heterocycles. The number of hydrogen-bond acceptors (Lipinski definition) is 5. The van der Waals surface area contributed by atoms with Crippen molar-refractivity contribution in [2.75, 3.05) is 31.8 Å². The topological polar surface area (TPSA) is 54.3 Å². The summed E-state index contributed by atoms with van der Waals surface area (Å²) in [6, 6.07) is 18.5. The average Bonchev–Trinajstić information content (AvgIpc) is 3.06. The number of thioether (sulfide) groups is 1. The zero-order valence-electron chi connectivity index (χ0n) is 17.4. The molecule has 0 aliphatic heterocycles. The third-order valence-electron chi connectivity index (χ3n) is 4.71. The first-order valence-corrected chi connectivity index (χ1v) is 10.5. The molecule has 0 unspecified atom stereocenters. The van der Waals surface area contributed by atoms with E-state index in [1.165, 1.54) is 17.3 Å². The van der Waals surface area contributed by atoms with Gasteiger partial charge in [-0.3, -0.25) is 4.79 Å². The Kier molecular flexibility index (Phi) is 6.93. The van der Waals surface area contributed by atoms with Gasteiger partial charge in [0, 0.05) is 33.4 Å². The summed E-state index contributed by atoms with van der Waals surface area (Å²) in [6.45, 7) is 3.22. The molecule has 0 fully saturated rings. The van der Waals surface area contributed by atoms with Crippen molar-refractivity contribution in [2.45, 2.75) is 25.2 Å². The summed E-state index contributed by atoms with van der Waals surface area (Å²) >= 11 is 1.43. The van der Waals surface area contributed by atoms with E-state index >= 15 is 0 Å². The first kappa shape index (κ1) is 20.9. The number of amides is 1. The van der Waals surface area contributed by atoms with E-state index in [4.69, 9.17) is 0 Å². The number of carbonyl (C=O) groups is 1. The second kappa shape index (κ2) is 9.60.